The maximum Gasteiger partial charge on any atom is 3.00 e. The number of azo groups is 1. The normalized spacial score (nSPS) is 16.7. The number of nitrogens with zero attached hydrogens (tertiary/aromatic N) is 4. The molecular weight excluding hydrogens is 483 g/mol. The van der Waals surface area contributed by atoms with Crippen molar-refractivity contribution >= 4 is 66.6 Å². The third-order valence-electron chi connectivity index (χ3n) is 3.90. The van der Waals surface area contributed by atoms with Gasteiger partial charge in [-0.05, 0) is 48.5 Å². The van der Waals surface area contributed by atoms with Crippen molar-refractivity contribution in [1.82, 2.24) is 0 Å². The largest absolute Gasteiger partial charge is 3.00 e. The van der Waals surface area contributed by atoms with Crippen molar-refractivity contribution in [1.29, 1.82) is 0 Å². The molecule has 1 amide bonds. The second-order valence-electron chi connectivity index (χ2n) is 5.94. The third-order valence-corrected chi connectivity index (χ3v) is 5.60. The second-order valence-corrected chi connectivity index (χ2v) is 8.70. The molecule has 2 aromatic carbocycles. The number of hydrogen-bond acceptors (Lipinski definition) is 12. The first-order valence-electron chi connectivity index (χ1n) is 8.04. The molecule has 1 aliphatic heterocycles. The molecule has 0 saturated carbocycles. The van der Waals surface area contributed by atoms with Crippen LogP contribution < -0.4 is 10.1 Å². The SMILES string of the molecule is O=C([O-])C1=NN(c2ccc(S(=O)(=O)[O-])cc2)C(=O)C1N=Nc1ccc(S(=O)(=O)[O-])cc1.[Al+3]. The van der Waals surface area contributed by atoms with Crippen LogP contribution in [0.2, 0.25) is 0 Å². The average Bonchev–Trinajstić information content (AvgIpc) is 3.02. The Balaban J connectivity index is 0.00000363. The molecule has 1 heterocycles. The van der Waals surface area contributed by atoms with Crippen LogP contribution in [-0.4, -0.2) is 66.9 Å². The molecule has 0 aromatic heterocycles. The van der Waals surface area contributed by atoms with Crippen molar-refractivity contribution in [3.63, 3.8) is 0 Å². The molecule has 0 radical (unpaired) electrons. The number of rotatable bonds is 6. The summed E-state index contributed by atoms with van der Waals surface area (Å²) in [7, 11) is -9.40. The van der Waals surface area contributed by atoms with Gasteiger partial charge in [-0.15, -0.1) is 0 Å². The van der Waals surface area contributed by atoms with E-state index in [9.17, 15) is 40.6 Å². The van der Waals surface area contributed by atoms with E-state index in [1.807, 2.05) is 0 Å². The fourth-order valence-corrected chi connectivity index (χ4v) is 3.38. The number of benzene rings is 2. The van der Waals surface area contributed by atoms with Crippen molar-refractivity contribution < 1.29 is 40.6 Å². The number of aliphatic carboxylic acids is 1. The number of anilines is 1. The van der Waals surface area contributed by atoms with E-state index >= 15 is 0 Å². The van der Waals surface area contributed by atoms with E-state index in [1.165, 1.54) is 0 Å². The molecule has 1 aliphatic rings. The molecule has 1 atom stereocenters. The number of hydrogen-bond donors (Lipinski definition) is 0. The summed E-state index contributed by atoms with van der Waals surface area (Å²) in [5, 5.41) is 22.8. The summed E-state index contributed by atoms with van der Waals surface area (Å²) in [6.07, 6.45) is 0. The summed E-state index contributed by atoms with van der Waals surface area (Å²) < 4.78 is 65.7. The topological polar surface area (TPSA) is 212 Å². The fraction of sp³-hybridized carbons (Fsp3) is 0.0625. The van der Waals surface area contributed by atoms with Crippen molar-refractivity contribution in [3.05, 3.63) is 48.5 Å². The first-order valence-corrected chi connectivity index (χ1v) is 10.9. The maximum absolute atomic E-state index is 12.6. The fourth-order valence-electron chi connectivity index (χ4n) is 2.44. The Labute approximate surface area is 191 Å². The quantitative estimate of drug-likeness (QED) is 0.266. The summed E-state index contributed by atoms with van der Waals surface area (Å²) in [6.45, 7) is 0. The predicted octanol–water partition coefficient (Wildman–Crippen LogP) is -1.28. The van der Waals surface area contributed by atoms with Crippen LogP contribution in [-0.2, 0) is 29.8 Å². The Morgan fingerprint density at radius 2 is 1.38 bits per heavy atom. The Bertz CT molecular complexity index is 1320. The van der Waals surface area contributed by atoms with Gasteiger partial charge in [0.2, 0.25) is 0 Å². The van der Waals surface area contributed by atoms with E-state index in [2.05, 4.69) is 15.3 Å². The third kappa shape index (κ3) is 5.43. The van der Waals surface area contributed by atoms with Crippen LogP contribution in [0.15, 0.2) is 73.7 Å². The number of amides is 1. The summed E-state index contributed by atoms with van der Waals surface area (Å²) >= 11 is 0. The van der Waals surface area contributed by atoms with E-state index < -0.39 is 53.7 Å². The van der Waals surface area contributed by atoms with Crippen molar-refractivity contribution in [2.24, 2.45) is 15.3 Å². The van der Waals surface area contributed by atoms with Crippen molar-refractivity contribution in [3.8, 4) is 0 Å². The minimum absolute atomic E-state index is 0. The Hall–Kier alpha value is -3.00. The standard InChI is InChI=1S/C16H12N4O9S2.Al/c21-15-13(18-17-9-1-5-11(6-2-9)30(24,25)26)14(16(22)23)19-20(15)10-3-7-12(8-4-10)31(27,28)29;/h1-8,13H,(H,22,23)(H,24,25,26)(H,27,28,29);/q;+3/p-3. The molecule has 1 unspecified atom stereocenters. The maximum atomic E-state index is 12.6. The van der Waals surface area contributed by atoms with E-state index in [0.29, 0.717) is 5.01 Å². The number of carbonyl (C=O) groups excluding carboxylic acids is 2. The predicted molar refractivity (Wildman–Crippen MR) is 103 cm³/mol. The zero-order valence-corrected chi connectivity index (χ0v) is 18.3. The Kier molecular flexibility index (Phi) is 7.30. The van der Waals surface area contributed by atoms with Gasteiger partial charge in [-0.25, -0.2) is 16.8 Å². The van der Waals surface area contributed by atoms with Gasteiger partial charge in [0, 0.05) is 0 Å². The molecule has 32 heavy (non-hydrogen) atoms. The average molecular weight is 492 g/mol. The molecule has 162 valence electrons. The van der Waals surface area contributed by atoms with Crippen molar-refractivity contribution in [2.45, 2.75) is 15.8 Å². The molecule has 0 N–H and O–H groups in total. The van der Waals surface area contributed by atoms with E-state index in [-0.39, 0.29) is 28.7 Å². The molecule has 0 aliphatic carbocycles. The van der Waals surface area contributed by atoms with Gasteiger partial charge in [-0.1, -0.05) is 0 Å². The molecule has 0 spiro atoms. The van der Waals surface area contributed by atoms with Crippen LogP contribution in [0, 0.1) is 0 Å². The molecule has 0 fully saturated rings. The van der Waals surface area contributed by atoms with Crippen LogP contribution in [0.4, 0.5) is 11.4 Å². The molecule has 3 rings (SSSR count). The van der Waals surface area contributed by atoms with Gasteiger partial charge < -0.3 is 19.0 Å². The van der Waals surface area contributed by atoms with Crippen LogP contribution in [0.3, 0.4) is 0 Å². The Morgan fingerprint density at radius 1 is 0.906 bits per heavy atom. The van der Waals surface area contributed by atoms with E-state index in [4.69, 9.17) is 0 Å². The first kappa shape index (κ1) is 25.3. The number of carboxylic acid groups (broad SMARTS) is 1. The van der Waals surface area contributed by atoms with Gasteiger partial charge in [0.25, 0.3) is 5.91 Å². The van der Waals surface area contributed by atoms with Crippen LogP contribution in [0.5, 0.6) is 0 Å². The summed E-state index contributed by atoms with van der Waals surface area (Å²) in [5.41, 5.74) is -0.812. The van der Waals surface area contributed by atoms with Crippen LogP contribution in [0.25, 0.3) is 0 Å². The minimum atomic E-state index is -4.73. The van der Waals surface area contributed by atoms with E-state index in [0.717, 1.165) is 48.5 Å². The summed E-state index contributed by atoms with van der Waals surface area (Å²) in [4.78, 5) is 22.8. The van der Waals surface area contributed by atoms with Gasteiger partial charge in [-0.2, -0.15) is 20.3 Å². The zero-order chi connectivity index (χ0) is 23.0. The molecule has 16 heteroatoms. The van der Waals surface area contributed by atoms with Gasteiger partial charge in [0.1, 0.15) is 25.9 Å². The molecule has 0 saturated heterocycles. The number of carbonyl (C=O) groups is 2. The molecule has 0 bridgehead atoms. The molecule has 2 aromatic rings. The zero-order valence-electron chi connectivity index (χ0n) is 15.6. The first-order chi connectivity index (χ1) is 14.4. The molecular formula is C16H9AlN4O9S2. The minimum Gasteiger partial charge on any atom is -0.744 e. The van der Waals surface area contributed by atoms with E-state index in [1.54, 1.807) is 0 Å². The number of carboxylic acids is 1. The second kappa shape index (κ2) is 9.24. The summed E-state index contributed by atoms with van der Waals surface area (Å²) in [5.74, 6) is -2.77. The van der Waals surface area contributed by atoms with Crippen LogP contribution >= 0.6 is 0 Å². The van der Waals surface area contributed by atoms with Crippen molar-refractivity contribution in [2.75, 3.05) is 5.01 Å². The number of hydrazone groups is 1. The van der Waals surface area contributed by atoms with Gasteiger partial charge in [-0.3, -0.25) is 4.79 Å². The smallest absolute Gasteiger partial charge is 0.744 e. The van der Waals surface area contributed by atoms with Gasteiger partial charge >= 0.3 is 17.4 Å². The Morgan fingerprint density at radius 3 is 1.81 bits per heavy atom. The van der Waals surface area contributed by atoms with Gasteiger partial charge in [0.05, 0.1) is 27.1 Å². The monoisotopic (exact) mass is 492 g/mol. The molecule has 13 nitrogen and oxygen atoms in total. The van der Waals surface area contributed by atoms with Crippen LogP contribution in [0.1, 0.15) is 0 Å². The summed E-state index contributed by atoms with van der Waals surface area (Å²) in [6, 6.07) is 6.40. The van der Waals surface area contributed by atoms with Gasteiger partial charge in [0.15, 0.2) is 6.04 Å².